The lowest BCUT2D eigenvalue weighted by Crippen LogP contribution is -2.28. The molecule has 1 unspecified atom stereocenters. The van der Waals surface area contributed by atoms with Crippen LogP contribution in [0.2, 0.25) is 0 Å². The van der Waals surface area contributed by atoms with E-state index < -0.39 is 4.92 Å². The van der Waals surface area contributed by atoms with Gasteiger partial charge in [0.15, 0.2) is 0 Å². The number of hydrogen-bond acceptors (Lipinski definition) is 3. The third-order valence-corrected chi connectivity index (χ3v) is 4.36. The summed E-state index contributed by atoms with van der Waals surface area (Å²) in [6.45, 7) is 3.10. The van der Waals surface area contributed by atoms with Crippen LogP contribution in [0.3, 0.4) is 0 Å². The van der Waals surface area contributed by atoms with E-state index in [9.17, 15) is 14.9 Å². The van der Waals surface area contributed by atoms with E-state index in [1.165, 1.54) is 6.07 Å². The number of carbonyl (C=O) groups excluding carboxylic acids is 1. The molecule has 0 aliphatic carbocycles. The van der Waals surface area contributed by atoms with Crippen LogP contribution in [0.25, 0.3) is 0 Å². The number of nitrogens with zero attached hydrogens (tertiary/aromatic N) is 2. The zero-order chi connectivity index (χ0) is 14.0. The van der Waals surface area contributed by atoms with Gasteiger partial charge in [0.1, 0.15) is 0 Å². The first-order valence-electron chi connectivity index (χ1n) is 6.13. The van der Waals surface area contributed by atoms with Crippen LogP contribution in [0.15, 0.2) is 18.2 Å². The molecule has 1 aromatic rings. The Balaban J connectivity index is 2.20. The molecule has 2 rings (SSSR count). The second kappa shape index (κ2) is 5.69. The van der Waals surface area contributed by atoms with Gasteiger partial charge in [0.2, 0.25) is 0 Å². The van der Waals surface area contributed by atoms with Crippen molar-refractivity contribution in [2.24, 2.45) is 5.92 Å². The zero-order valence-electron chi connectivity index (χ0n) is 10.6. The number of rotatable bonds is 3. The monoisotopic (exact) mass is 326 g/mol. The van der Waals surface area contributed by atoms with Gasteiger partial charge in [-0.3, -0.25) is 14.9 Å². The third-order valence-electron chi connectivity index (χ3n) is 3.44. The first-order chi connectivity index (χ1) is 9.02. The summed E-state index contributed by atoms with van der Waals surface area (Å²) < 4.78 is 0. The Labute approximate surface area is 119 Å². The smallest absolute Gasteiger partial charge is 0.273 e. The normalized spacial score (nSPS) is 18.6. The molecule has 102 valence electrons. The Morgan fingerprint density at radius 1 is 1.58 bits per heavy atom. The SMILES string of the molecule is Cc1ccc(C(=O)N2CCC(CBr)C2)cc1[N+](=O)[O-]. The Kier molecular flexibility index (Phi) is 4.19. The molecule has 5 nitrogen and oxygen atoms in total. The lowest BCUT2D eigenvalue weighted by Gasteiger charge is -2.16. The quantitative estimate of drug-likeness (QED) is 0.487. The number of alkyl halides is 1. The molecule has 0 N–H and O–H groups in total. The van der Waals surface area contributed by atoms with Crippen molar-refractivity contribution < 1.29 is 9.72 Å². The summed E-state index contributed by atoms with van der Waals surface area (Å²) in [4.78, 5) is 24.5. The molecule has 1 heterocycles. The Morgan fingerprint density at radius 2 is 2.32 bits per heavy atom. The van der Waals surface area contributed by atoms with Gasteiger partial charge in [-0.1, -0.05) is 22.0 Å². The van der Waals surface area contributed by atoms with Crippen molar-refractivity contribution in [1.82, 2.24) is 4.90 Å². The molecule has 19 heavy (non-hydrogen) atoms. The number of hydrogen-bond donors (Lipinski definition) is 0. The van der Waals surface area contributed by atoms with E-state index >= 15 is 0 Å². The summed E-state index contributed by atoms with van der Waals surface area (Å²) in [5.41, 5.74) is 0.968. The number of benzene rings is 1. The van der Waals surface area contributed by atoms with Crippen molar-refractivity contribution >= 4 is 27.5 Å². The number of amides is 1. The number of carbonyl (C=O) groups is 1. The third kappa shape index (κ3) is 2.94. The first kappa shape index (κ1) is 14.0. The van der Waals surface area contributed by atoms with Crippen molar-refractivity contribution in [3.63, 3.8) is 0 Å². The van der Waals surface area contributed by atoms with Gasteiger partial charge < -0.3 is 4.90 Å². The molecule has 1 fully saturated rings. The maximum absolute atomic E-state index is 12.3. The van der Waals surface area contributed by atoms with Crippen LogP contribution in [0.1, 0.15) is 22.3 Å². The lowest BCUT2D eigenvalue weighted by atomic mass is 10.1. The molecule has 0 radical (unpaired) electrons. The Bertz CT molecular complexity index is 519. The summed E-state index contributed by atoms with van der Waals surface area (Å²) in [6, 6.07) is 4.66. The van der Waals surface area contributed by atoms with Crippen LogP contribution in [-0.4, -0.2) is 34.2 Å². The van der Waals surface area contributed by atoms with E-state index in [4.69, 9.17) is 0 Å². The Hall–Kier alpha value is -1.43. The predicted molar refractivity (Wildman–Crippen MR) is 75.6 cm³/mol. The second-order valence-electron chi connectivity index (χ2n) is 4.82. The maximum atomic E-state index is 12.3. The van der Waals surface area contributed by atoms with Crippen LogP contribution >= 0.6 is 15.9 Å². The van der Waals surface area contributed by atoms with Crippen LogP contribution in [0.5, 0.6) is 0 Å². The number of nitro groups is 1. The van der Waals surface area contributed by atoms with Crippen LogP contribution in [0, 0.1) is 23.0 Å². The molecular formula is C13H15BrN2O3. The zero-order valence-corrected chi connectivity index (χ0v) is 12.2. The van der Waals surface area contributed by atoms with Crippen molar-refractivity contribution in [3.05, 3.63) is 39.4 Å². The summed E-state index contributed by atoms with van der Waals surface area (Å²) in [6.07, 6.45) is 0.977. The van der Waals surface area contributed by atoms with Crippen molar-refractivity contribution in [2.45, 2.75) is 13.3 Å². The molecule has 0 saturated carbocycles. The number of nitro benzene ring substituents is 1. The minimum absolute atomic E-state index is 0.00193. The summed E-state index contributed by atoms with van der Waals surface area (Å²) in [5.74, 6) is 0.357. The fraction of sp³-hybridized carbons (Fsp3) is 0.462. The molecule has 1 aliphatic rings. The maximum Gasteiger partial charge on any atom is 0.273 e. The van der Waals surface area contributed by atoms with Crippen molar-refractivity contribution in [2.75, 3.05) is 18.4 Å². The average molecular weight is 327 g/mol. The number of aryl methyl sites for hydroxylation is 1. The van der Waals surface area contributed by atoms with Gasteiger partial charge in [-0.05, 0) is 25.3 Å². The molecule has 0 spiro atoms. The molecule has 1 aliphatic heterocycles. The number of halogens is 1. The van der Waals surface area contributed by atoms with Gasteiger partial charge in [-0.25, -0.2) is 0 Å². The van der Waals surface area contributed by atoms with Crippen LogP contribution in [0.4, 0.5) is 5.69 Å². The number of likely N-dealkylation sites (tertiary alicyclic amines) is 1. The van der Waals surface area contributed by atoms with E-state index in [0.717, 1.165) is 18.3 Å². The van der Waals surface area contributed by atoms with E-state index in [0.29, 0.717) is 23.6 Å². The summed E-state index contributed by atoms with van der Waals surface area (Å²) in [7, 11) is 0. The van der Waals surface area contributed by atoms with Crippen LogP contribution in [-0.2, 0) is 0 Å². The minimum atomic E-state index is -0.447. The Morgan fingerprint density at radius 3 is 2.89 bits per heavy atom. The summed E-state index contributed by atoms with van der Waals surface area (Å²) >= 11 is 3.42. The van der Waals surface area contributed by atoms with E-state index in [2.05, 4.69) is 15.9 Å². The van der Waals surface area contributed by atoms with Gasteiger partial charge in [-0.15, -0.1) is 0 Å². The largest absolute Gasteiger partial charge is 0.338 e. The molecule has 1 aromatic carbocycles. The van der Waals surface area contributed by atoms with E-state index in [-0.39, 0.29) is 11.6 Å². The van der Waals surface area contributed by atoms with Gasteiger partial charge >= 0.3 is 0 Å². The molecule has 1 saturated heterocycles. The average Bonchev–Trinajstić information content (AvgIpc) is 2.87. The first-order valence-corrected chi connectivity index (χ1v) is 7.25. The highest BCUT2D eigenvalue weighted by Crippen LogP contribution is 2.23. The highest BCUT2D eigenvalue weighted by atomic mass is 79.9. The van der Waals surface area contributed by atoms with E-state index in [1.54, 1.807) is 24.0 Å². The molecule has 0 aromatic heterocycles. The van der Waals surface area contributed by atoms with Crippen LogP contribution < -0.4 is 0 Å². The fourth-order valence-electron chi connectivity index (χ4n) is 2.26. The highest BCUT2D eigenvalue weighted by Gasteiger charge is 2.27. The standard InChI is InChI=1S/C13H15BrN2O3/c1-9-2-3-11(6-12(9)16(18)19)13(17)15-5-4-10(7-14)8-15/h2-3,6,10H,4-5,7-8H2,1H3. The summed E-state index contributed by atoms with van der Waals surface area (Å²) in [5, 5.41) is 11.8. The molecule has 1 atom stereocenters. The van der Waals surface area contributed by atoms with Gasteiger partial charge in [0.25, 0.3) is 11.6 Å². The van der Waals surface area contributed by atoms with Gasteiger partial charge in [0.05, 0.1) is 4.92 Å². The molecular weight excluding hydrogens is 312 g/mol. The minimum Gasteiger partial charge on any atom is -0.338 e. The van der Waals surface area contributed by atoms with Gasteiger partial charge in [-0.2, -0.15) is 0 Å². The lowest BCUT2D eigenvalue weighted by molar-refractivity contribution is -0.385. The molecule has 6 heteroatoms. The highest BCUT2D eigenvalue weighted by molar-refractivity contribution is 9.09. The topological polar surface area (TPSA) is 63.5 Å². The predicted octanol–water partition coefficient (Wildman–Crippen LogP) is 2.76. The second-order valence-corrected chi connectivity index (χ2v) is 5.47. The fourth-order valence-corrected chi connectivity index (χ4v) is 2.79. The van der Waals surface area contributed by atoms with Crippen molar-refractivity contribution in [3.8, 4) is 0 Å². The van der Waals surface area contributed by atoms with Crippen molar-refractivity contribution in [1.29, 1.82) is 0 Å². The molecule has 0 bridgehead atoms. The van der Waals surface area contributed by atoms with E-state index in [1.807, 2.05) is 0 Å². The van der Waals surface area contributed by atoms with Gasteiger partial charge in [0, 0.05) is 35.6 Å². The molecule has 1 amide bonds.